The number of esters is 1. The van der Waals surface area contributed by atoms with Crippen molar-refractivity contribution in [3.8, 4) is 0 Å². The molecule has 0 saturated heterocycles. The van der Waals surface area contributed by atoms with Crippen molar-refractivity contribution < 1.29 is 27.5 Å². The Hall–Kier alpha value is -2.70. The number of ether oxygens (including phenoxy) is 1. The van der Waals surface area contributed by atoms with Gasteiger partial charge in [0.1, 0.15) is 17.4 Å². The van der Waals surface area contributed by atoms with E-state index in [-0.39, 0.29) is 12.1 Å². The maximum absolute atomic E-state index is 13.0. The van der Waals surface area contributed by atoms with E-state index in [1.54, 1.807) is 12.1 Å². The highest BCUT2D eigenvalue weighted by molar-refractivity contribution is 5.92. The van der Waals surface area contributed by atoms with Crippen molar-refractivity contribution in [2.24, 2.45) is 0 Å². The predicted molar refractivity (Wildman–Crippen MR) is 71.8 cm³/mol. The quantitative estimate of drug-likeness (QED) is 0.861. The second-order valence-corrected chi connectivity index (χ2v) is 4.50. The molecule has 0 spiro atoms. The standard InChI is InChI=1S/C15H13F2NO4/c1-9(14(19)18-8-13-3-2-4-21-13)22-15(20)10-5-11(16)7-12(17)6-10/h2-7,9H,8H2,1H3,(H,18,19)/t9-/m1/s1. The van der Waals surface area contributed by atoms with E-state index in [1.807, 2.05) is 0 Å². The molecule has 116 valence electrons. The number of benzene rings is 1. The number of carbonyl (C=O) groups is 2. The molecule has 1 heterocycles. The van der Waals surface area contributed by atoms with Gasteiger partial charge in [0.2, 0.25) is 0 Å². The molecule has 7 heteroatoms. The number of hydrogen-bond acceptors (Lipinski definition) is 4. The van der Waals surface area contributed by atoms with E-state index in [4.69, 9.17) is 9.15 Å². The third-order valence-electron chi connectivity index (χ3n) is 2.77. The summed E-state index contributed by atoms with van der Waals surface area (Å²) in [5.41, 5.74) is -0.303. The van der Waals surface area contributed by atoms with Crippen LogP contribution < -0.4 is 5.32 Å². The van der Waals surface area contributed by atoms with Crippen LogP contribution in [-0.4, -0.2) is 18.0 Å². The largest absolute Gasteiger partial charge is 0.467 e. The van der Waals surface area contributed by atoms with Crippen LogP contribution in [0.1, 0.15) is 23.0 Å². The van der Waals surface area contributed by atoms with E-state index in [0.29, 0.717) is 11.8 Å². The zero-order valence-electron chi connectivity index (χ0n) is 11.6. The van der Waals surface area contributed by atoms with Crippen LogP contribution in [0.3, 0.4) is 0 Å². The van der Waals surface area contributed by atoms with Gasteiger partial charge in [-0.3, -0.25) is 4.79 Å². The van der Waals surface area contributed by atoms with Gasteiger partial charge in [-0.15, -0.1) is 0 Å². The normalized spacial score (nSPS) is 11.8. The van der Waals surface area contributed by atoms with E-state index < -0.39 is 29.6 Å². The summed E-state index contributed by atoms with van der Waals surface area (Å²) >= 11 is 0. The van der Waals surface area contributed by atoms with Crippen molar-refractivity contribution in [3.05, 3.63) is 59.6 Å². The molecule has 2 aromatic rings. The molecule has 5 nitrogen and oxygen atoms in total. The van der Waals surface area contributed by atoms with Gasteiger partial charge in [-0.25, -0.2) is 13.6 Å². The minimum absolute atomic E-state index is 0.141. The number of halogens is 2. The van der Waals surface area contributed by atoms with Crippen LogP contribution in [0, 0.1) is 11.6 Å². The topological polar surface area (TPSA) is 68.5 Å². The second kappa shape index (κ2) is 6.84. The average molecular weight is 309 g/mol. The van der Waals surface area contributed by atoms with Gasteiger partial charge in [-0.05, 0) is 31.2 Å². The zero-order chi connectivity index (χ0) is 16.1. The van der Waals surface area contributed by atoms with E-state index >= 15 is 0 Å². The summed E-state index contributed by atoms with van der Waals surface area (Å²) in [6, 6.07) is 5.64. The molecule has 0 aliphatic carbocycles. The zero-order valence-corrected chi connectivity index (χ0v) is 11.6. The first-order valence-electron chi connectivity index (χ1n) is 6.43. The molecular weight excluding hydrogens is 296 g/mol. The van der Waals surface area contributed by atoms with Crippen LogP contribution in [0.4, 0.5) is 8.78 Å². The molecule has 1 N–H and O–H groups in total. The van der Waals surface area contributed by atoms with Gasteiger partial charge in [0.05, 0.1) is 18.4 Å². The highest BCUT2D eigenvalue weighted by atomic mass is 19.1. The SMILES string of the molecule is C[C@@H](OC(=O)c1cc(F)cc(F)c1)C(=O)NCc1ccco1. The van der Waals surface area contributed by atoms with Crippen molar-refractivity contribution in [1.82, 2.24) is 5.32 Å². The first-order valence-corrected chi connectivity index (χ1v) is 6.43. The van der Waals surface area contributed by atoms with Gasteiger partial charge in [-0.1, -0.05) is 0 Å². The van der Waals surface area contributed by atoms with Gasteiger partial charge in [0.25, 0.3) is 5.91 Å². The molecule has 0 saturated carbocycles. The summed E-state index contributed by atoms with van der Waals surface area (Å²) in [4.78, 5) is 23.5. The lowest BCUT2D eigenvalue weighted by atomic mass is 10.2. The molecule has 1 atom stereocenters. The molecule has 0 fully saturated rings. The Morgan fingerprint density at radius 2 is 1.95 bits per heavy atom. The summed E-state index contributed by atoms with van der Waals surface area (Å²) in [5.74, 6) is -2.80. The van der Waals surface area contributed by atoms with Crippen molar-refractivity contribution >= 4 is 11.9 Å². The van der Waals surface area contributed by atoms with Crippen LogP contribution in [-0.2, 0) is 16.1 Å². The molecule has 1 amide bonds. The van der Waals surface area contributed by atoms with Crippen LogP contribution in [0.25, 0.3) is 0 Å². The molecule has 1 aromatic carbocycles. The maximum Gasteiger partial charge on any atom is 0.339 e. The Balaban J connectivity index is 1.91. The second-order valence-electron chi connectivity index (χ2n) is 4.50. The minimum atomic E-state index is -1.12. The molecular formula is C15H13F2NO4. The highest BCUT2D eigenvalue weighted by Gasteiger charge is 2.19. The molecule has 0 bridgehead atoms. The number of amides is 1. The molecule has 2 rings (SSSR count). The van der Waals surface area contributed by atoms with Crippen molar-refractivity contribution in [2.75, 3.05) is 0 Å². The lowest BCUT2D eigenvalue weighted by molar-refractivity contribution is -0.129. The summed E-state index contributed by atoms with van der Waals surface area (Å²) in [6.07, 6.45) is 0.345. The molecule has 0 radical (unpaired) electrons. The fraction of sp³-hybridized carbons (Fsp3) is 0.200. The Kier molecular flexibility index (Phi) is 4.88. The number of rotatable bonds is 5. The van der Waals surface area contributed by atoms with Crippen molar-refractivity contribution in [3.63, 3.8) is 0 Å². The number of furan rings is 1. The van der Waals surface area contributed by atoms with Crippen LogP contribution >= 0.6 is 0 Å². The van der Waals surface area contributed by atoms with E-state index in [0.717, 1.165) is 12.1 Å². The Morgan fingerprint density at radius 3 is 2.55 bits per heavy atom. The van der Waals surface area contributed by atoms with Gasteiger partial charge in [0.15, 0.2) is 6.10 Å². The van der Waals surface area contributed by atoms with Gasteiger partial charge < -0.3 is 14.5 Å². The average Bonchev–Trinajstić information content (AvgIpc) is 2.96. The van der Waals surface area contributed by atoms with Gasteiger partial charge in [0, 0.05) is 6.07 Å². The smallest absolute Gasteiger partial charge is 0.339 e. The molecule has 0 unspecified atom stereocenters. The lowest BCUT2D eigenvalue weighted by Gasteiger charge is -2.13. The van der Waals surface area contributed by atoms with Crippen LogP contribution in [0.5, 0.6) is 0 Å². The molecule has 22 heavy (non-hydrogen) atoms. The maximum atomic E-state index is 13.0. The highest BCUT2D eigenvalue weighted by Crippen LogP contribution is 2.10. The summed E-state index contributed by atoms with van der Waals surface area (Å²) < 4.78 is 35.9. The first kappa shape index (κ1) is 15.7. The Bertz CT molecular complexity index is 650. The lowest BCUT2D eigenvalue weighted by Crippen LogP contribution is -2.35. The Morgan fingerprint density at radius 1 is 1.27 bits per heavy atom. The summed E-state index contributed by atoms with van der Waals surface area (Å²) in [5, 5.41) is 2.51. The van der Waals surface area contributed by atoms with Crippen LogP contribution in [0.2, 0.25) is 0 Å². The van der Waals surface area contributed by atoms with Crippen LogP contribution in [0.15, 0.2) is 41.0 Å². The number of hydrogen-bond donors (Lipinski definition) is 1. The molecule has 0 aliphatic heterocycles. The summed E-state index contributed by atoms with van der Waals surface area (Å²) in [7, 11) is 0. The third kappa shape index (κ3) is 4.15. The number of nitrogens with one attached hydrogen (secondary N) is 1. The van der Waals surface area contributed by atoms with Gasteiger partial charge >= 0.3 is 5.97 Å². The van der Waals surface area contributed by atoms with Crippen molar-refractivity contribution in [1.29, 1.82) is 0 Å². The first-order chi connectivity index (χ1) is 10.5. The van der Waals surface area contributed by atoms with E-state index in [2.05, 4.69) is 5.32 Å². The minimum Gasteiger partial charge on any atom is -0.467 e. The Labute approximate surface area is 124 Å². The number of carbonyl (C=O) groups excluding carboxylic acids is 2. The predicted octanol–water partition coefficient (Wildman–Crippen LogP) is 2.42. The summed E-state index contributed by atoms with van der Waals surface area (Å²) in [6.45, 7) is 1.49. The van der Waals surface area contributed by atoms with Gasteiger partial charge in [-0.2, -0.15) is 0 Å². The van der Waals surface area contributed by atoms with Crippen molar-refractivity contribution in [2.45, 2.75) is 19.6 Å². The third-order valence-corrected chi connectivity index (χ3v) is 2.77. The van der Waals surface area contributed by atoms with E-state index in [1.165, 1.54) is 13.2 Å². The molecule has 1 aromatic heterocycles. The van der Waals surface area contributed by atoms with E-state index in [9.17, 15) is 18.4 Å². The molecule has 0 aliphatic rings. The fourth-order valence-electron chi connectivity index (χ4n) is 1.68. The monoisotopic (exact) mass is 309 g/mol. The fourth-order valence-corrected chi connectivity index (χ4v) is 1.68.